The lowest BCUT2D eigenvalue weighted by molar-refractivity contribution is 0.377. The van der Waals surface area contributed by atoms with Crippen LogP contribution in [-0.2, 0) is 0 Å². The molecule has 1 fully saturated rings. The van der Waals surface area contributed by atoms with Crippen LogP contribution in [0.5, 0.6) is 0 Å². The van der Waals surface area contributed by atoms with Gasteiger partial charge in [-0.3, -0.25) is 5.41 Å². The molecule has 5 N–H and O–H groups in total. The van der Waals surface area contributed by atoms with Gasteiger partial charge < -0.3 is 26.2 Å². The van der Waals surface area contributed by atoms with Crippen LogP contribution in [0.1, 0.15) is 18.4 Å². The maximum Gasteiger partial charge on any atom is 0.233 e. The van der Waals surface area contributed by atoms with E-state index < -0.39 is 0 Å². The van der Waals surface area contributed by atoms with E-state index in [0.717, 1.165) is 15.9 Å². The highest BCUT2D eigenvalue weighted by atomic mass is 32.1. The van der Waals surface area contributed by atoms with E-state index in [9.17, 15) is 0 Å². The number of aromatic nitrogens is 4. The van der Waals surface area contributed by atoms with Crippen molar-refractivity contribution in [2.75, 3.05) is 48.3 Å². The van der Waals surface area contributed by atoms with Crippen molar-refractivity contribution in [3.8, 4) is 0 Å². The number of nitrogens with zero attached hydrogens (tertiary/aromatic N) is 6. The molecular formula is C24H28N10S. The number of nitrogens with two attached hydrogens (primary N) is 1. The van der Waals surface area contributed by atoms with Crippen LogP contribution in [0.15, 0.2) is 54.0 Å². The topological polar surface area (TPSA) is 132 Å². The second kappa shape index (κ2) is 10.1. The molecule has 3 heterocycles. The van der Waals surface area contributed by atoms with Gasteiger partial charge in [0, 0.05) is 38.4 Å². The number of nitrogens with one attached hydrogen (secondary N) is 3. The third-order valence-electron chi connectivity index (χ3n) is 6.05. The Morgan fingerprint density at radius 3 is 2.60 bits per heavy atom. The molecular weight excluding hydrogens is 460 g/mol. The van der Waals surface area contributed by atoms with E-state index in [-0.39, 0.29) is 5.96 Å². The molecule has 180 valence electrons. The summed E-state index contributed by atoms with van der Waals surface area (Å²) in [5.41, 5.74) is 10.6. The summed E-state index contributed by atoms with van der Waals surface area (Å²) in [6, 6.07) is 16.4. The van der Waals surface area contributed by atoms with Crippen molar-refractivity contribution < 1.29 is 0 Å². The highest BCUT2D eigenvalue weighted by molar-refractivity contribution is 7.16. The fourth-order valence-electron chi connectivity index (χ4n) is 3.99. The zero-order valence-corrected chi connectivity index (χ0v) is 20.3. The quantitative estimate of drug-likeness (QED) is 0.228. The molecule has 1 unspecified atom stereocenters. The zero-order valence-electron chi connectivity index (χ0n) is 19.5. The van der Waals surface area contributed by atoms with Crippen LogP contribution in [0.2, 0.25) is 0 Å². The van der Waals surface area contributed by atoms with Gasteiger partial charge in [-0.25, -0.2) is 4.98 Å². The predicted octanol–water partition coefficient (Wildman–Crippen LogP) is 3.46. The molecule has 1 aliphatic heterocycles. The molecule has 0 amide bonds. The lowest BCUT2D eigenvalue weighted by Crippen LogP contribution is -2.51. The van der Waals surface area contributed by atoms with Gasteiger partial charge in [0.25, 0.3) is 0 Å². The third kappa shape index (κ3) is 5.40. The molecule has 4 aromatic rings. The highest BCUT2D eigenvalue weighted by Gasteiger charge is 2.21. The number of hydrogen-bond acceptors (Lipinski definition) is 9. The summed E-state index contributed by atoms with van der Waals surface area (Å²) in [6.45, 7) is 5.53. The molecule has 1 saturated heterocycles. The van der Waals surface area contributed by atoms with E-state index in [4.69, 9.17) is 21.1 Å². The van der Waals surface area contributed by atoms with Crippen LogP contribution >= 0.6 is 11.3 Å². The monoisotopic (exact) mass is 488 g/mol. The van der Waals surface area contributed by atoms with E-state index in [2.05, 4.69) is 56.7 Å². The number of rotatable bonds is 7. The van der Waals surface area contributed by atoms with Gasteiger partial charge in [-0.15, -0.1) is 11.3 Å². The predicted molar refractivity (Wildman–Crippen MR) is 142 cm³/mol. The number of piperazine rings is 1. The van der Waals surface area contributed by atoms with Crippen LogP contribution in [0.4, 0.5) is 23.5 Å². The van der Waals surface area contributed by atoms with Crippen molar-refractivity contribution in [1.82, 2.24) is 24.8 Å². The normalized spacial score (nSPS) is 14.7. The third-order valence-corrected chi connectivity index (χ3v) is 6.84. The SMILES string of the molecule is CC(CNc1nc(Nc2ccc3ncsc3c2)nc(N2CCN(C(=N)N)CC2)n1)c1ccccc1. The smallest absolute Gasteiger partial charge is 0.233 e. The van der Waals surface area contributed by atoms with Gasteiger partial charge in [-0.1, -0.05) is 37.3 Å². The molecule has 1 atom stereocenters. The summed E-state index contributed by atoms with van der Waals surface area (Å²) in [4.78, 5) is 22.4. The molecule has 5 rings (SSSR count). The van der Waals surface area contributed by atoms with E-state index in [1.165, 1.54) is 5.56 Å². The van der Waals surface area contributed by atoms with Gasteiger partial charge in [0.05, 0.1) is 15.7 Å². The molecule has 2 aromatic carbocycles. The van der Waals surface area contributed by atoms with Gasteiger partial charge in [-0.05, 0) is 29.7 Å². The lowest BCUT2D eigenvalue weighted by atomic mass is 10.0. The lowest BCUT2D eigenvalue weighted by Gasteiger charge is -2.34. The largest absolute Gasteiger partial charge is 0.370 e. The van der Waals surface area contributed by atoms with Gasteiger partial charge in [0.15, 0.2) is 5.96 Å². The van der Waals surface area contributed by atoms with Crippen LogP contribution in [0.3, 0.4) is 0 Å². The number of anilines is 4. The maximum absolute atomic E-state index is 7.68. The van der Waals surface area contributed by atoms with Gasteiger partial charge in [-0.2, -0.15) is 15.0 Å². The average molecular weight is 489 g/mol. The molecule has 2 aromatic heterocycles. The Bertz CT molecular complexity index is 1300. The molecule has 1 aliphatic rings. The van der Waals surface area contributed by atoms with Gasteiger partial charge in [0.1, 0.15) is 0 Å². The van der Waals surface area contributed by atoms with E-state index in [1.807, 2.05) is 34.7 Å². The molecule has 0 spiro atoms. The first kappa shape index (κ1) is 22.8. The van der Waals surface area contributed by atoms with Crippen LogP contribution in [-0.4, -0.2) is 63.5 Å². The van der Waals surface area contributed by atoms with Crippen molar-refractivity contribution in [3.63, 3.8) is 0 Å². The van der Waals surface area contributed by atoms with Crippen molar-refractivity contribution in [3.05, 3.63) is 59.6 Å². The number of guanidine groups is 1. The van der Waals surface area contributed by atoms with Gasteiger partial charge in [0.2, 0.25) is 17.8 Å². The maximum atomic E-state index is 7.68. The highest BCUT2D eigenvalue weighted by Crippen LogP contribution is 2.25. The van der Waals surface area contributed by atoms with Crippen LogP contribution in [0, 0.1) is 5.41 Å². The fraction of sp³-hybridized carbons (Fsp3) is 0.292. The summed E-state index contributed by atoms with van der Waals surface area (Å²) in [5, 5.41) is 14.4. The van der Waals surface area contributed by atoms with Crippen molar-refractivity contribution in [2.45, 2.75) is 12.8 Å². The molecule has 0 radical (unpaired) electrons. The van der Waals surface area contributed by atoms with Crippen LogP contribution in [0.25, 0.3) is 10.2 Å². The van der Waals surface area contributed by atoms with Crippen molar-refractivity contribution in [2.24, 2.45) is 5.73 Å². The number of benzene rings is 2. The summed E-state index contributed by atoms with van der Waals surface area (Å²) < 4.78 is 1.10. The summed E-state index contributed by atoms with van der Waals surface area (Å²) in [7, 11) is 0. The first-order valence-corrected chi connectivity index (χ1v) is 12.4. The zero-order chi connectivity index (χ0) is 24.2. The summed E-state index contributed by atoms with van der Waals surface area (Å²) >= 11 is 1.60. The molecule has 0 saturated carbocycles. The second-order valence-corrected chi connectivity index (χ2v) is 9.38. The molecule has 11 heteroatoms. The first-order chi connectivity index (χ1) is 17.0. The fourth-order valence-corrected chi connectivity index (χ4v) is 4.71. The van der Waals surface area contributed by atoms with Crippen molar-refractivity contribution >= 4 is 51.0 Å². The van der Waals surface area contributed by atoms with E-state index >= 15 is 0 Å². The minimum absolute atomic E-state index is 0.0957. The Kier molecular flexibility index (Phi) is 6.57. The van der Waals surface area contributed by atoms with Crippen molar-refractivity contribution in [1.29, 1.82) is 5.41 Å². The Labute approximate surface area is 207 Å². The Morgan fingerprint density at radius 1 is 1.06 bits per heavy atom. The standard InChI is InChI=1S/C24H28N10S/c1-16(17-5-3-2-4-6-17)14-27-22-30-23(29-18-7-8-19-20(13-18)35-15-28-19)32-24(31-22)34-11-9-33(10-12-34)21(25)26/h2-8,13,15-16H,9-12,14H2,1H3,(H3,25,26)(H2,27,29,30,31,32). The van der Waals surface area contributed by atoms with E-state index in [1.54, 1.807) is 11.3 Å². The Morgan fingerprint density at radius 2 is 1.83 bits per heavy atom. The summed E-state index contributed by atoms with van der Waals surface area (Å²) in [6.07, 6.45) is 0. The average Bonchev–Trinajstić information content (AvgIpc) is 3.36. The Hall–Kier alpha value is -3.99. The number of thiazole rings is 1. The van der Waals surface area contributed by atoms with Crippen LogP contribution < -0.4 is 21.3 Å². The molecule has 0 aliphatic carbocycles. The van der Waals surface area contributed by atoms with E-state index in [0.29, 0.717) is 56.5 Å². The minimum Gasteiger partial charge on any atom is -0.370 e. The molecule has 0 bridgehead atoms. The Balaban J connectivity index is 1.37. The van der Waals surface area contributed by atoms with Gasteiger partial charge >= 0.3 is 0 Å². The number of hydrogen-bond donors (Lipinski definition) is 4. The molecule has 35 heavy (non-hydrogen) atoms. The minimum atomic E-state index is 0.0957. The summed E-state index contributed by atoms with van der Waals surface area (Å²) in [5.74, 6) is 1.98. The number of fused-ring (bicyclic) bond motifs is 1. The molecule has 10 nitrogen and oxygen atoms in total. The second-order valence-electron chi connectivity index (χ2n) is 8.49. The first-order valence-electron chi connectivity index (χ1n) is 11.5.